The summed E-state index contributed by atoms with van der Waals surface area (Å²) in [5.41, 5.74) is 6.73. The van der Waals surface area contributed by atoms with Crippen molar-refractivity contribution in [1.82, 2.24) is 0 Å². The van der Waals surface area contributed by atoms with E-state index in [9.17, 15) is 5.26 Å². The summed E-state index contributed by atoms with van der Waals surface area (Å²) in [4.78, 5) is 1.04. The molecular weight excluding hydrogens is 390 g/mol. The Balaban J connectivity index is 2.22. The zero-order chi connectivity index (χ0) is 17.8. The molecule has 0 bridgehead atoms. The van der Waals surface area contributed by atoms with Crippen molar-refractivity contribution in [3.05, 3.63) is 87.4 Å². The number of benzene rings is 3. The van der Waals surface area contributed by atoms with Crippen molar-refractivity contribution < 1.29 is 0 Å². The van der Waals surface area contributed by atoms with Gasteiger partial charge in [0.2, 0.25) is 0 Å². The third kappa shape index (κ3) is 3.81. The topological polar surface area (TPSA) is 23.8 Å². The molecular formula is C22H18BrNS. The second-order valence-corrected chi connectivity index (χ2v) is 7.65. The van der Waals surface area contributed by atoms with Gasteiger partial charge in [-0.2, -0.15) is 5.26 Å². The van der Waals surface area contributed by atoms with Crippen molar-refractivity contribution in [3.63, 3.8) is 0 Å². The van der Waals surface area contributed by atoms with Crippen LogP contribution in [0.15, 0.2) is 70.0 Å². The van der Waals surface area contributed by atoms with E-state index >= 15 is 0 Å². The molecule has 0 aliphatic rings. The number of thioether (sulfide) groups is 1. The lowest BCUT2D eigenvalue weighted by molar-refractivity contribution is 1.13. The summed E-state index contributed by atoms with van der Waals surface area (Å²) in [5, 5.41) is 9.65. The summed E-state index contributed by atoms with van der Waals surface area (Å²) < 4.78 is 1.07. The molecule has 3 aromatic carbocycles. The van der Waals surface area contributed by atoms with Crippen LogP contribution < -0.4 is 0 Å². The lowest BCUT2D eigenvalue weighted by atomic mass is 9.89. The average Bonchev–Trinajstić information content (AvgIpc) is 2.64. The second-order valence-electron chi connectivity index (χ2n) is 5.89. The Hall–Kier alpha value is -2.02. The Morgan fingerprint density at radius 2 is 1.72 bits per heavy atom. The van der Waals surface area contributed by atoms with Crippen LogP contribution in [0.4, 0.5) is 0 Å². The summed E-state index contributed by atoms with van der Waals surface area (Å²) in [5.74, 6) is 0. The normalized spacial score (nSPS) is 10.5. The maximum atomic E-state index is 9.65. The van der Waals surface area contributed by atoms with E-state index < -0.39 is 0 Å². The highest BCUT2D eigenvalue weighted by atomic mass is 79.9. The van der Waals surface area contributed by atoms with Gasteiger partial charge in [-0.3, -0.25) is 0 Å². The minimum Gasteiger partial charge on any atom is -0.192 e. The molecule has 0 atom stereocenters. The largest absolute Gasteiger partial charge is 0.192 e. The molecule has 1 nitrogen and oxygen atoms in total. The standard InChI is InChI=1S/C22H18BrNS/c1-15-19(12-16-6-4-3-5-7-16)20(13-22(25-2)21(15)14-24)17-8-10-18(23)11-9-17/h3-11,13H,12H2,1-2H3. The average molecular weight is 408 g/mol. The van der Waals surface area contributed by atoms with Crippen LogP contribution in [0.1, 0.15) is 22.3 Å². The van der Waals surface area contributed by atoms with Gasteiger partial charge in [-0.25, -0.2) is 0 Å². The summed E-state index contributed by atoms with van der Waals surface area (Å²) in [6.07, 6.45) is 2.85. The smallest absolute Gasteiger partial charge is 0.101 e. The van der Waals surface area contributed by atoms with E-state index in [4.69, 9.17) is 0 Å². The Bertz CT molecular complexity index is 925. The lowest BCUT2D eigenvalue weighted by Crippen LogP contribution is -2.00. The third-order valence-electron chi connectivity index (χ3n) is 4.39. The van der Waals surface area contributed by atoms with Crippen LogP contribution in [0.25, 0.3) is 11.1 Å². The van der Waals surface area contributed by atoms with Gasteiger partial charge in [0.25, 0.3) is 0 Å². The minimum atomic E-state index is 0.791. The predicted molar refractivity (Wildman–Crippen MR) is 110 cm³/mol. The van der Waals surface area contributed by atoms with Crippen molar-refractivity contribution in [2.75, 3.05) is 6.26 Å². The number of hydrogen-bond donors (Lipinski definition) is 0. The number of hydrogen-bond acceptors (Lipinski definition) is 2. The first-order chi connectivity index (χ1) is 12.1. The van der Waals surface area contributed by atoms with Crippen molar-refractivity contribution in [3.8, 4) is 17.2 Å². The molecule has 0 saturated heterocycles. The molecule has 0 unspecified atom stereocenters. The summed E-state index contributed by atoms with van der Waals surface area (Å²) in [6.45, 7) is 2.07. The molecule has 0 radical (unpaired) electrons. The maximum absolute atomic E-state index is 9.65. The first-order valence-corrected chi connectivity index (χ1v) is 10.1. The summed E-state index contributed by atoms with van der Waals surface area (Å²) in [7, 11) is 0. The molecule has 0 aromatic heterocycles. The van der Waals surface area contributed by atoms with Gasteiger partial charge < -0.3 is 0 Å². The van der Waals surface area contributed by atoms with Gasteiger partial charge in [0.05, 0.1) is 5.56 Å². The van der Waals surface area contributed by atoms with Gasteiger partial charge in [0, 0.05) is 9.37 Å². The van der Waals surface area contributed by atoms with Crippen LogP contribution >= 0.6 is 27.7 Å². The molecule has 124 valence electrons. The van der Waals surface area contributed by atoms with Crippen LogP contribution in [0.2, 0.25) is 0 Å². The van der Waals surface area contributed by atoms with Crippen molar-refractivity contribution in [1.29, 1.82) is 5.26 Å². The molecule has 25 heavy (non-hydrogen) atoms. The molecule has 3 rings (SSSR count). The van der Waals surface area contributed by atoms with Gasteiger partial charge in [0.1, 0.15) is 6.07 Å². The Morgan fingerprint density at radius 1 is 1.04 bits per heavy atom. The number of halogens is 1. The van der Waals surface area contributed by atoms with Gasteiger partial charge in [-0.05, 0) is 65.6 Å². The summed E-state index contributed by atoms with van der Waals surface area (Å²) >= 11 is 5.14. The highest BCUT2D eigenvalue weighted by Crippen LogP contribution is 2.36. The molecule has 0 spiro atoms. The molecule has 0 fully saturated rings. The fraction of sp³-hybridized carbons (Fsp3) is 0.136. The first-order valence-electron chi connectivity index (χ1n) is 8.04. The van der Waals surface area contributed by atoms with Crippen LogP contribution in [0.5, 0.6) is 0 Å². The van der Waals surface area contributed by atoms with Crippen molar-refractivity contribution in [2.24, 2.45) is 0 Å². The Morgan fingerprint density at radius 3 is 2.32 bits per heavy atom. The number of rotatable bonds is 4. The highest BCUT2D eigenvalue weighted by Gasteiger charge is 2.16. The van der Waals surface area contributed by atoms with Crippen LogP contribution in [-0.4, -0.2) is 6.26 Å². The van der Waals surface area contributed by atoms with E-state index in [1.807, 2.05) is 12.3 Å². The van der Waals surface area contributed by atoms with E-state index in [0.717, 1.165) is 26.9 Å². The van der Waals surface area contributed by atoms with Crippen molar-refractivity contribution in [2.45, 2.75) is 18.2 Å². The quantitative estimate of drug-likeness (QED) is 0.454. The summed E-state index contributed by atoms with van der Waals surface area (Å²) in [6, 6.07) is 23.4. The van der Waals surface area contributed by atoms with E-state index in [2.05, 4.69) is 83.5 Å². The van der Waals surface area contributed by atoms with Gasteiger partial charge >= 0.3 is 0 Å². The molecule has 0 N–H and O–H groups in total. The molecule has 0 saturated carbocycles. The third-order valence-corrected chi connectivity index (χ3v) is 5.68. The first kappa shape index (κ1) is 17.8. The monoisotopic (exact) mass is 407 g/mol. The second kappa shape index (κ2) is 7.91. The molecule has 0 amide bonds. The van der Waals surface area contributed by atoms with Crippen LogP contribution in [-0.2, 0) is 6.42 Å². The lowest BCUT2D eigenvalue weighted by Gasteiger charge is -2.17. The molecule has 0 heterocycles. The number of nitriles is 1. The van der Waals surface area contributed by atoms with Gasteiger partial charge in [-0.1, -0.05) is 58.4 Å². The molecule has 0 aliphatic heterocycles. The van der Waals surface area contributed by atoms with E-state index in [1.165, 1.54) is 22.3 Å². The predicted octanol–water partition coefficient (Wildman–Crippen LogP) is 6.61. The zero-order valence-electron chi connectivity index (χ0n) is 14.2. The van der Waals surface area contributed by atoms with E-state index in [0.29, 0.717) is 0 Å². The molecule has 0 aliphatic carbocycles. The highest BCUT2D eigenvalue weighted by molar-refractivity contribution is 9.10. The van der Waals surface area contributed by atoms with E-state index in [-0.39, 0.29) is 0 Å². The van der Waals surface area contributed by atoms with Crippen LogP contribution in [0, 0.1) is 18.3 Å². The fourth-order valence-corrected chi connectivity index (χ4v) is 3.95. The van der Waals surface area contributed by atoms with Gasteiger partial charge in [-0.15, -0.1) is 11.8 Å². The molecule has 3 aromatic rings. The Kier molecular flexibility index (Phi) is 5.63. The fourth-order valence-electron chi connectivity index (χ4n) is 3.04. The van der Waals surface area contributed by atoms with Gasteiger partial charge in [0.15, 0.2) is 0 Å². The van der Waals surface area contributed by atoms with E-state index in [1.54, 1.807) is 11.8 Å². The van der Waals surface area contributed by atoms with Crippen molar-refractivity contribution >= 4 is 27.7 Å². The zero-order valence-corrected chi connectivity index (χ0v) is 16.6. The molecule has 3 heteroatoms. The Labute approximate surface area is 161 Å². The minimum absolute atomic E-state index is 0.791. The SMILES string of the molecule is CSc1cc(-c2ccc(Br)cc2)c(Cc2ccccc2)c(C)c1C#N. The number of nitrogens with zero attached hydrogens (tertiary/aromatic N) is 1. The van der Waals surface area contributed by atoms with Crippen LogP contribution in [0.3, 0.4) is 0 Å². The maximum Gasteiger partial charge on any atom is 0.101 e.